The Morgan fingerprint density at radius 3 is 2.50 bits per heavy atom. The molecule has 4 N–H and O–H groups in total. The van der Waals surface area contributed by atoms with Gasteiger partial charge in [-0.2, -0.15) is 0 Å². The van der Waals surface area contributed by atoms with Gasteiger partial charge in [0.25, 0.3) is 0 Å². The number of amides is 1. The summed E-state index contributed by atoms with van der Waals surface area (Å²) in [6.45, 7) is 4.03. The average molecular weight is 228 g/mol. The third-order valence-corrected chi connectivity index (χ3v) is 3.60. The molecule has 0 heterocycles. The number of aliphatic hydroxyl groups is 1. The molecule has 4 heteroatoms. The lowest BCUT2D eigenvalue weighted by atomic mass is 9.92. The molecular formula is C12H24N2O2. The summed E-state index contributed by atoms with van der Waals surface area (Å²) in [5, 5.41) is 12.3. The molecule has 1 rings (SSSR count). The summed E-state index contributed by atoms with van der Waals surface area (Å²) >= 11 is 0. The van der Waals surface area contributed by atoms with E-state index >= 15 is 0 Å². The number of rotatable bonds is 4. The summed E-state index contributed by atoms with van der Waals surface area (Å²) in [6, 6.07) is -0.206. The first-order chi connectivity index (χ1) is 7.54. The van der Waals surface area contributed by atoms with Crippen LogP contribution >= 0.6 is 0 Å². The summed E-state index contributed by atoms with van der Waals surface area (Å²) in [6.07, 6.45) is 4.02. The van der Waals surface area contributed by atoms with Crippen LogP contribution in [0.4, 0.5) is 0 Å². The van der Waals surface area contributed by atoms with Crippen molar-refractivity contribution in [3.05, 3.63) is 0 Å². The molecule has 2 unspecified atom stereocenters. The number of hydrogen-bond acceptors (Lipinski definition) is 3. The molecule has 1 aliphatic carbocycles. The normalized spacial score (nSPS) is 29.5. The lowest BCUT2D eigenvalue weighted by molar-refractivity contribution is -0.124. The third kappa shape index (κ3) is 3.76. The second-order valence-electron chi connectivity index (χ2n) is 4.93. The van der Waals surface area contributed by atoms with Gasteiger partial charge in [-0.05, 0) is 31.6 Å². The van der Waals surface area contributed by atoms with Gasteiger partial charge < -0.3 is 16.2 Å². The Morgan fingerprint density at radius 2 is 2.00 bits per heavy atom. The maximum absolute atomic E-state index is 11.8. The highest BCUT2D eigenvalue weighted by Crippen LogP contribution is 2.18. The van der Waals surface area contributed by atoms with E-state index in [0.717, 1.165) is 32.1 Å². The number of carbonyl (C=O) groups excluding carboxylic acids is 1. The van der Waals surface area contributed by atoms with Crippen LogP contribution in [0.1, 0.15) is 46.0 Å². The standard InChI is InChI=1S/C12H24N2O2/c1-3-8(2)11(13)12(16)14-9-4-6-10(15)7-5-9/h8-11,15H,3-7,13H2,1-2H3,(H,14,16). The number of nitrogens with two attached hydrogens (primary N) is 1. The van der Waals surface area contributed by atoms with Crippen LogP contribution in [0.5, 0.6) is 0 Å². The Kier molecular flexibility index (Phi) is 5.22. The Labute approximate surface area is 97.6 Å². The van der Waals surface area contributed by atoms with E-state index in [2.05, 4.69) is 5.32 Å². The van der Waals surface area contributed by atoms with Gasteiger partial charge >= 0.3 is 0 Å². The monoisotopic (exact) mass is 228 g/mol. The Bertz CT molecular complexity index is 225. The molecule has 0 aromatic heterocycles. The molecule has 94 valence electrons. The van der Waals surface area contributed by atoms with E-state index in [-0.39, 0.29) is 24.0 Å². The van der Waals surface area contributed by atoms with Crippen LogP contribution in [0.25, 0.3) is 0 Å². The highest BCUT2D eigenvalue weighted by atomic mass is 16.3. The van der Waals surface area contributed by atoms with Crippen molar-refractivity contribution in [2.24, 2.45) is 11.7 Å². The van der Waals surface area contributed by atoms with Gasteiger partial charge in [0.15, 0.2) is 0 Å². The predicted molar refractivity (Wildman–Crippen MR) is 63.8 cm³/mol. The van der Waals surface area contributed by atoms with Gasteiger partial charge in [-0.3, -0.25) is 4.79 Å². The van der Waals surface area contributed by atoms with E-state index in [9.17, 15) is 9.90 Å². The molecule has 2 atom stereocenters. The number of carbonyl (C=O) groups is 1. The van der Waals surface area contributed by atoms with Crippen LogP contribution in [0.2, 0.25) is 0 Å². The Hall–Kier alpha value is -0.610. The van der Waals surface area contributed by atoms with Crippen molar-refractivity contribution in [3.63, 3.8) is 0 Å². The topological polar surface area (TPSA) is 75.4 Å². The van der Waals surface area contributed by atoms with Gasteiger partial charge in [-0.25, -0.2) is 0 Å². The maximum Gasteiger partial charge on any atom is 0.237 e. The molecule has 0 aliphatic heterocycles. The molecule has 4 nitrogen and oxygen atoms in total. The van der Waals surface area contributed by atoms with E-state index in [4.69, 9.17) is 5.73 Å². The van der Waals surface area contributed by atoms with Crippen LogP contribution < -0.4 is 11.1 Å². The Balaban J connectivity index is 2.33. The van der Waals surface area contributed by atoms with E-state index in [0.29, 0.717) is 0 Å². The van der Waals surface area contributed by atoms with E-state index in [1.165, 1.54) is 0 Å². The van der Waals surface area contributed by atoms with Crippen LogP contribution in [0.15, 0.2) is 0 Å². The zero-order valence-electron chi connectivity index (χ0n) is 10.3. The number of nitrogens with one attached hydrogen (secondary N) is 1. The molecule has 16 heavy (non-hydrogen) atoms. The van der Waals surface area contributed by atoms with Crippen molar-refractivity contribution in [1.29, 1.82) is 0 Å². The minimum atomic E-state index is -0.406. The molecular weight excluding hydrogens is 204 g/mol. The van der Waals surface area contributed by atoms with Crippen LogP contribution in [-0.2, 0) is 4.79 Å². The van der Waals surface area contributed by atoms with E-state index in [1.807, 2.05) is 13.8 Å². The fourth-order valence-corrected chi connectivity index (χ4v) is 2.03. The van der Waals surface area contributed by atoms with Gasteiger partial charge in [0.2, 0.25) is 5.91 Å². The van der Waals surface area contributed by atoms with Gasteiger partial charge in [0.05, 0.1) is 12.1 Å². The number of hydrogen-bond donors (Lipinski definition) is 3. The Morgan fingerprint density at radius 1 is 1.44 bits per heavy atom. The largest absolute Gasteiger partial charge is 0.393 e. The van der Waals surface area contributed by atoms with Crippen LogP contribution in [0, 0.1) is 5.92 Å². The molecule has 1 saturated carbocycles. The highest BCUT2D eigenvalue weighted by Gasteiger charge is 2.25. The summed E-state index contributed by atoms with van der Waals surface area (Å²) in [4.78, 5) is 11.8. The maximum atomic E-state index is 11.8. The quantitative estimate of drug-likeness (QED) is 0.665. The average Bonchev–Trinajstić information content (AvgIpc) is 2.30. The van der Waals surface area contributed by atoms with Crippen LogP contribution in [0.3, 0.4) is 0 Å². The van der Waals surface area contributed by atoms with Gasteiger partial charge in [0.1, 0.15) is 0 Å². The summed E-state index contributed by atoms with van der Waals surface area (Å²) in [5.74, 6) is 0.171. The molecule has 1 aliphatic rings. The SMILES string of the molecule is CCC(C)C(N)C(=O)NC1CCC(O)CC1. The minimum absolute atomic E-state index is 0.0456. The van der Waals surface area contributed by atoms with Gasteiger partial charge in [0, 0.05) is 6.04 Å². The fourth-order valence-electron chi connectivity index (χ4n) is 2.03. The summed E-state index contributed by atoms with van der Waals surface area (Å²) in [7, 11) is 0. The van der Waals surface area contributed by atoms with Crippen molar-refractivity contribution < 1.29 is 9.90 Å². The minimum Gasteiger partial charge on any atom is -0.393 e. The fraction of sp³-hybridized carbons (Fsp3) is 0.917. The highest BCUT2D eigenvalue weighted by molar-refractivity contribution is 5.82. The zero-order valence-corrected chi connectivity index (χ0v) is 10.3. The molecule has 0 saturated heterocycles. The van der Waals surface area contributed by atoms with E-state index in [1.54, 1.807) is 0 Å². The molecule has 0 spiro atoms. The van der Waals surface area contributed by atoms with E-state index < -0.39 is 6.04 Å². The molecule has 1 fully saturated rings. The third-order valence-electron chi connectivity index (χ3n) is 3.60. The summed E-state index contributed by atoms with van der Waals surface area (Å²) < 4.78 is 0. The van der Waals surface area contributed by atoms with Crippen molar-refractivity contribution >= 4 is 5.91 Å². The number of aliphatic hydroxyl groups excluding tert-OH is 1. The predicted octanol–water partition coefficient (Wildman–Crippen LogP) is 0.779. The van der Waals surface area contributed by atoms with Gasteiger partial charge in [-0.1, -0.05) is 20.3 Å². The first-order valence-electron chi connectivity index (χ1n) is 6.28. The molecule has 0 bridgehead atoms. The summed E-state index contributed by atoms with van der Waals surface area (Å²) in [5.41, 5.74) is 5.85. The smallest absolute Gasteiger partial charge is 0.237 e. The van der Waals surface area contributed by atoms with Crippen molar-refractivity contribution in [1.82, 2.24) is 5.32 Å². The lowest BCUT2D eigenvalue weighted by Gasteiger charge is -2.28. The van der Waals surface area contributed by atoms with Crippen LogP contribution in [-0.4, -0.2) is 29.2 Å². The molecule has 0 aromatic rings. The lowest BCUT2D eigenvalue weighted by Crippen LogP contribution is -2.49. The zero-order chi connectivity index (χ0) is 12.1. The molecule has 0 radical (unpaired) electrons. The van der Waals surface area contributed by atoms with Crippen molar-refractivity contribution in [3.8, 4) is 0 Å². The first kappa shape index (κ1) is 13.5. The second kappa shape index (κ2) is 6.21. The van der Waals surface area contributed by atoms with Gasteiger partial charge in [-0.15, -0.1) is 0 Å². The first-order valence-corrected chi connectivity index (χ1v) is 6.28. The second-order valence-corrected chi connectivity index (χ2v) is 4.93. The van der Waals surface area contributed by atoms with Crippen molar-refractivity contribution in [2.45, 2.75) is 64.1 Å². The molecule has 1 amide bonds. The molecule has 0 aromatic carbocycles. The van der Waals surface area contributed by atoms with Crippen molar-refractivity contribution in [2.75, 3.05) is 0 Å².